The average Bonchev–Trinajstić information content (AvgIpc) is 3.20. The molecule has 1 saturated carbocycles. The van der Waals surface area contributed by atoms with Gasteiger partial charge in [0.15, 0.2) is 0 Å². The highest BCUT2D eigenvalue weighted by Gasteiger charge is 2.29. The monoisotopic (exact) mass is 308 g/mol. The van der Waals surface area contributed by atoms with Gasteiger partial charge in [-0.05, 0) is 24.5 Å². The zero-order chi connectivity index (χ0) is 15.6. The Morgan fingerprint density at radius 2 is 2.17 bits per heavy atom. The van der Waals surface area contributed by atoms with Crippen LogP contribution in [0.3, 0.4) is 0 Å². The van der Waals surface area contributed by atoms with Gasteiger partial charge in [-0.15, -0.1) is 0 Å². The number of hydrogen-bond acceptors (Lipinski definition) is 2. The van der Waals surface area contributed by atoms with Gasteiger partial charge in [-0.25, -0.2) is 4.98 Å². The van der Waals surface area contributed by atoms with E-state index in [9.17, 15) is 4.79 Å². The lowest BCUT2D eigenvalue weighted by molar-refractivity contribution is -0.122. The molecule has 1 N–H and O–H groups in total. The molecule has 1 aliphatic rings. The van der Waals surface area contributed by atoms with Crippen molar-refractivity contribution in [2.24, 2.45) is 5.92 Å². The number of carbonyl (C=O) groups excluding carboxylic acids is 1. The average molecular weight is 308 g/mol. The van der Waals surface area contributed by atoms with Crippen LogP contribution in [0.5, 0.6) is 0 Å². The van der Waals surface area contributed by atoms with Crippen LogP contribution in [0.1, 0.15) is 18.4 Å². The van der Waals surface area contributed by atoms with E-state index >= 15 is 0 Å². The third-order valence-electron chi connectivity index (χ3n) is 4.38. The van der Waals surface area contributed by atoms with E-state index in [-0.39, 0.29) is 11.8 Å². The van der Waals surface area contributed by atoms with Crippen LogP contribution in [-0.4, -0.2) is 26.6 Å². The number of nitrogens with zero attached hydrogens (tertiary/aromatic N) is 3. The molecule has 2 aromatic heterocycles. The molecule has 1 aromatic carbocycles. The Morgan fingerprint density at radius 1 is 1.30 bits per heavy atom. The SMILES string of the molecule is O=C(NCCn1cc(Cn2ccnc2)c2ccccc21)C1CC1. The molecule has 4 rings (SSSR count). The zero-order valence-electron chi connectivity index (χ0n) is 13.0. The normalized spacial score (nSPS) is 14.3. The van der Waals surface area contributed by atoms with Crippen molar-refractivity contribution < 1.29 is 4.79 Å². The Labute approximate surface area is 134 Å². The van der Waals surface area contributed by atoms with Crippen molar-refractivity contribution >= 4 is 16.8 Å². The second kappa shape index (κ2) is 5.91. The summed E-state index contributed by atoms with van der Waals surface area (Å²) in [7, 11) is 0. The van der Waals surface area contributed by atoms with Gasteiger partial charge in [0.2, 0.25) is 5.91 Å². The Hall–Kier alpha value is -2.56. The Balaban J connectivity index is 1.52. The van der Waals surface area contributed by atoms with Crippen molar-refractivity contribution in [3.05, 3.63) is 54.7 Å². The molecule has 0 unspecified atom stereocenters. The molecule has 5 nitrogen and oxygen atoms in total. The van der Waals surface area contributed by atoms with Crippen molar-refractivity contribution in [3.63, 3.8) is 0 Å². The van der Waals surface area contributed by atoms with Crippen LogP contribution in [0, 0.1) is 5.92 Å². The van der Waals surface area contributed by atoms with Crippen LogP contribution in [0.4, 0.5) is 0 Å². The van der Waals surface area contributed by atoms with Gasteiger partial charge in [0.05, 0.1) is 12.9 Å². The van der Waals surface area contributed by atoms with Crippen LogP contribution in [0.15, 0.2) is 49.2 Å². The summed E-state index contributed by atoms with van der Waals surface area (Å²) in [5, 5.41) is 4.30. The molecule has 0 radical (unpaired) electrons. The van der Waals surface area contributed by atoms with Gasteiger partial charge in [-0.3, -0.25) is 4.79 Å². The minimum atomic E-state index is 0.208. The van der Waals surface area contributed by atoms with Crippen LogP contribution in [0.2, 0.25) is 0 Å². The maximum atomic E-state index is 11.7. The van der Waals surface area contributed by atoms with Crippen molar-refractivity contribution in [3.8, 4) is 0 Å². The first kappa shape index (κ1) is 14.1. The third-order valence-corrected chi connectivity index (χ3v) is 4.38. The fraction of sp³-hybridized carbons (Fsp3) is 0.333. The Morgan fingerprint density at radius 3 is 2.96 bits per heavy atom. The first-order valence-corrected chi connectivity index (χ1v) is 8.11. The van der Waals surface area contributed by atoms with Crippen molar-refractivity contribution in [2.45, 2.75) is 25.9 Å². The summed E-state index contributed by atoms with van der Waals surface area (Å²) in [6.45, 7) is 2.28. The van der Waals surface area contributed by atoms with Gasteiger partial charge in [-0.2, -0.15) is 0 Å². The van der Waals surface area contributed by atoms with Gasteiger partial charge in [0.25, 0.3) is 0 Å². The molecule has 0 aliphatic heterocycles. The van der Waals surface area contributed by atoms with E-state index in [0.29, 0.717) is 6.54 Å². The standard InChI is InChI=1S/C18H20N4O/c23-18(14-5-6-14)20-8-10-22-12-15(11-21-9-7-19-13-21)16-3-1-2-4-17(16)22/h1-4,7,9,12-14H,5-6,8,10-11H2,(H,20,23). The minimum Gasteiger partial charge on any atom is -0.354 e. The highest BCUT2D eigenvalue weighted by atomic mass is 16.2. The van der Waals surface area contributed by atoms with Gasteiger partial charge in [0, 0.05) is 48.5 Å². The first-order chi connectivity index (χ1) is 11.3. The Kier molecular flexibility index (Phi) is 3.61. The largest absolute Gasteiger partial charge is 0.354 e. The predicted molar refractivity (Wildman–Crippen MR) is 89.0 cm³/mol. The quantitative estimate of drug-likeness (QED) is 0.760. The number of nitrogens with one attached hydrogen (secondary N) is 1. The number of fused-ring (bicyclic) bond motifs is 1. The van der Waals surface area contributed by atoms with Gasteiger partial charge < -0.3 is 14.5 Å². The molecule has 1 aliphatic carbocycles. The van der Waals surface area contributed by atoms with E-state index in [1.165, 1.54) is 16.5 Å². The number of aromatic nitrogens is 3. The number of benzene rings is 1. The van der Waals surface area contributed by atoms with E-state index in [0.717, 1.165) is 25.9 Å². The minimum absolute atomic E-state index is 0.208. The van der Waals surface area contributed by atoms with Crippen LogP contribution in [0.25, 0.3) is 10.9 Å². The van der Waals surface area contributed by atoms with E-state index in [2.05, 4.69) is 49.9 Å². The number of para-hydroxylation sites is 1. The number of rotatable bonds is 6. The summed E-state index contributed by atoms with van der Waals surface area (Å²) in [6.07, 6.45) is 9.89. The highest BCUT2D eigenvalue weighted by molar-refractivity contribution is 5.84. The molecule has 0 bridgehead atoms. The Bertz CT molecular complexity index is 815. The molecule has 23 heavy (non-hydrogen) atoms. The first-order valence-electron chi connectivity index (χ1n) is 8.11. The fourth-order valence-corrected chi connectivity index (χ4v) is 3.00. The molecular formula is C18H20N4O. The van der Waals surface area contributed by atoms with Crippen molar-refractivity contribution in [1.82, 2.24) is 19.4 Å². The lowest BCUT2D eigenvalue weighted by Gasteiger charge is -2.07. The molecule has 5 heteroatoms. The van der Waals surface area contributed by atoms with Gasteiger partial charge in [-0.1, -0.05) is 18.2 Å². The van der Waals surface area contributed by atoms with Gasteiger partial charge in [0.1, 0.15) is 0 Å². The maximum absolute atomic E-state index is 11.7. The maximum Gasteiger partial charge on any atom is 0.223 e. The lowest BCUT2D eigenvalue weighted by Crippen LogP contribution is -2.28. The highest BCUT2D eigenvalue weighted by Crippen LogP contribution is 2.28. The fourth-order valence-electron chi connectivity index (χ4n) is 3.00. The lowest BCUT2D eigenvalue weighted by atomic mass is 10.2. The van der Waals surface area contributed by atoms with E-state index in [1.54, 1.807) is 6.20 Å². The summed E-state index contributed by atoms with van der Waals surface area (Å²) in [5.41, 5.74) is 2.48. The summed E-state index contributed by atoms with van der Waals surface area (Å²) in [6, 6.07) is 8.41. The molecule has 0 spiro atoms. The van der Waals surface area contributed by atoms with E-state index < -0.39 is 0 Å². The van der Waals surface area contributed by atoms with Crippen LogP contribution < -0.4 is 5.32 Å². The van der Waals surface area contributed by atoms with Crippen LogP contribution >= 0.6 is 0 Å². The summed E-state index contributed by atoms with van der Waals surface area (Å²) in [5.74, 6) is 0.480. The zero-order valence-corrected chi connectivity index (χ0v) is 13.0. The summed E-state index contributed by atoms with van der Waals surface area (Å²) in [4.78, 5) is 15.9. The van der Waals surface area contributed by atoms with E-state index in [4.69, 9.17) is 0 Å². The smallest absolute Gasteiger partial charge is 0.223 e. The molecule has 1 amide bonds. The number of hydrogen-bond donors (Lipinski definition) is 1. The third kappa shape index (κ3) is 2.99. The van der Waals surface area contributed by atoms with E-state index in [1.807, 2.05) is 12.5 Å². The summed E-state index contributed by atoms with van der Waals surface area (Å²) >= 11 is 0. The second-order valence-corrected chi connectivity index (χ2v) is 6.17. The second-order valence-electron chi connectivity index (χ2n) is 6.17. The van der Waals surface area contributed by atoms with Crippen LogP contribution in [-0.2, 0) is 17.9 Å². The molecule has 2 heterocycles. The number of carbonyl (C=O) groups is 1. The summed E-state index contributed by atoms with van der Waals surface area (Å²) < 4.78 is 4.30. The predicted octanol–water partition coefficient (Wildman–Crippen LogP) is 2.41. The molecule has 0 saturated heterocycles. The van der Waals surface area contributed by atoms with Crippen molar-refractivity contribution in [1.29, 1.82) is 0 Å². The number of amides is 1. The molecule has 118 valence electrons. The molecule has 0 atom stereocenters. The topological polar surface area (TPSA) is 51.9 Å². The molecule has 1 fully saturated rings. The number of imidazole rings is 1. The molecule has 3 aromatic rings. The molecular weight excluding hydrogens is 288 g/mol. The van der Waals surface area contributed by atoms with Gasteiger partial charge >= 0.3 is 0 Å². The van der Waals surface area contributed by atoms with Crippen molar-refractivity contribution in [2.75, 3.05) is 6.54 Å².